The quantitative estimate of drug-likeness (QED) is 0.654. The largest absolute Gasteiger partial charge is 0.310 e. The first-order valence-electron chi connectivity index (χ1n) is 7.07. The topological polar surface area (TPSA) is 20.3 Å². The molecule has 0 radical (unpaired) electrons. The number of para-hydroxylation sites is 1. The van der Waals surface area contributed by atoms with Crippen LogP contribution in [0.4, 0.5) is 5.69 Å². The number of carbonyl (C=O) groups is 1. The first-order chi connectivity index (χ1) is 8.70. The van der Waals surface area contributed by atoms with E-state index in [1.165, 1.54) is 0 Å². The highest BCUT2D eigenvalue weighted by Gasteiger charge is 2.19. The van der Waals surface area contributed by atoms with Gasteiger partial charge in [0.05, 0.1) is 0 Å². The zero-order valence-electron chi connectivity index (χ0n) is 11.9. The third kappa shape index (κ3) is 4.17. The number of rotatable bonds is 7. The number of amides is 1. The molecule has 0 saturated heterocycles. The molecule has 0 aliphatic rings. The lowest BCUT2D eigenvalue weighted by Crippen LogP contribution is -2.38. The van der Waals surface area contributed by atoms with Gasteiger partial charge in [-0.3, -0.25) is 4.79 Å². The molecule has 0 fully saturated rings. The molecule has 0 spiro atoms. The number of hydrogen-bond donors (Lipinski definition) is 0. The van der Waals surface area contributed by atoms with Crippen LogP contribution in [-0.2, 0) is 4.79 Å². The van der Waals surface area contributed by atoms with Gasteiger partial charge in [0.15, 0.2) is 0 Å². The number of benzene rings is 1. The normalized spacial score (nSPS) is 12.2. The van der Waals surface area contributed by atoms with Crippen LogP contribution in [0.3, 0.4) is 0 Å². The van der Waals surface area contributed by atoms with Crippen molar-refractivity contribution in [3.8, 4) is 0 Å². The molecule has 1 aromatic carbocycles. The third-order valence-electron chi connectivity index (χ3n) is 3.33. The molecular formula is C16H25NO. The van der Waals surface area contributed by atoms with Crippen LogP contribution in [0.15, 0.2) is 30.3 Å². The number of unbranched alkanes of at least 4 members (excludes halogenated alkanes) is 2. The maximum absolute atomic E-state index is 12.3. The predicted octanol–water partition coefficient (Wildman–Crippen LogP) is 4.40. The first kappa shape index (κ1) is 14.7. The van der Waals surface area contributed by atoms with Crippen LogP contribution in [0.5, 0.6) is 0 Å². The van der Waals surface area contributed by atoms with E-state index in [1.54, 1.807) is 0 Å². The molecule has 0 aliphatic heterocycles. The van der Waals surface area contributed by atoms with Gasteiger partial charge in [0.2, 0.25) is 5.91 Å². The van der Waals surface area contributed by atoms with Crippen molar-refractivity contribution in [3.05, 3.63) is 30.3 Å². The van der Waals surface area contributed by atoms with E-state index in [2.05, 4.69) is 20.8 Å². The second-order valence-electron chi connectivity index (χ2n) is 4.81. The monoisotopic (exact) mass is 247 g/mol. The summed E-state index contributed by atoms with van der Waals surface area (Å²) >= 11 is 0. The summed E-state index contributed by atoms with van der Waals surface area (Å²) in [6.45, 7) is 6.40. The van der Waals surface area contributed by atoms with Gasteiger partial charge in [0.1, 0.15) is 0 Å². The predicted molar refractivity (Wildman–Crippen MR) is 77.8 cm³/mol. The van der Waals surface area contributed by atoms with Gasteiger partial charge < -0.3 is 4.90 Å². The van der Waals surface area contributed by atoms with Crippen LogP contribution < -0.4 is 4.90 Å². The standard InChI is InChI=1S/C16H25NO/c1-4-6-8-13-16(18)17(14(3)5-2)15-11-9-7-10-12-15/h7,9-12,14H,4-6,8,13H2,1-3H3. The summed E-state index contributed by atoms with van der Waals surface area (Å²) in [7, 11) is 0. The molecule has 1 atom stereocenters. The van der Waals surface area contributed by atoms with E-state index in [-0.39, 0.29) is 11.9 Å². The van der Waals surface area contributed by atoms with Crippen molar-refractivity contribution >= 4 is 11.6 Å². The van der Waals surface area contributed by atoms with Crippen molar-refractivity contribution in [2.45, 2.75) is 58.9 Å². The summed E-state index contributed by atoms with van der Waals surface area (Å²) < 4.78 is 0. The lowest BCUT2D eigenvalue weighted by atomic mass is 10.1. The van der Waals surface area contributed by atoms with Gasteiger partial charge in [-0.05, 0) is 31.9 Å². The van der Waals surface area contributed by atoms with Gasteiger partial charge >= 0.3 is 0 Å². The molecule has 0 saturated carbocycles. The molecule has 2 nitrogen and oxygen atoms in total. The van der Waals surface area contributed by atoms with E-state index in [9.17, 15) is 4.79 Å². The van der Waals surface area contributed by atoms with Crippen LogP contribution in [0.2, 0.25) is 0 Å². The van der Waals surface area contributed by atoms with Crippen LogP contribution in [0.1, 0.15) is 52.9 Å². The minimum atomic E-state index is 0.254. The summed E-state index contributed by atoms with van der Waals surface area (Å²) in [6.07, 6.45) is 4.92. The first-order valence-corrected chi connectivity index (χ1v) is 7.07. The van der Waals surface area contributed by atoms with Gasteiger partial charge in [-0.1, -0.05) is 44.9 Å². The van der Waals surface area contributed by atoms with E-state index in [4.69, 9.17) is 0 Å². The SMILES string of the molecule is CCCCCC(=O)N(c1ccccc1)C(C)CC. The van der Waals surface area contributed by atoms with Crippen LogP contribution in [-0.4, -0.2) is 11.9 Å². The second-order valence-corrected chi connectivity index (χ2v) is 4.81. The molecule has 2 heteroatoms. The Hall–Kier alpha value is -1.31. The van der Waals surface area contributed by atoms with Gasteiger partial charge in [0, 0.05) is 18.2 Å². The highest BCUT2D eigenvalue weighted by atomic mass is 16.2. The second kappa shape index (κ2) is 7.91. The van der Waals surface area contributed by atoms with E-state index in [1.807, 2.05) is 35.2 Å². The Morgan fingerprint density at radius 3 is 2.39 bits per heavy atom. The van der Waals surface area contributed by atoms with Gasteiger partial charge in [-0.25, -0.2) is 0 Å². The van der Waals surface area contributed by atoms with Crippen molar-refractivity contribution < 1.29 is 4.79 Å². The fourth-order valence-corrected chi connectivity index (χ4v) is 2.06. The Labute approximate surface area is 111 Å². The summed E-state index contributed by atoms with van der Waals surface area (Å²) in [5.74, 6) is 0.254. The Morgan fingerprint density at radius 2 is 1.83 bits per heavy atom. The summed E-state index contributed by atoms with van der Waals surface area (Å²) in [4.78, 5) is 14.3. The minimum absolute atomic E-state index is 0.254. The molecule has 0 aliphatic carbocycles. The smallest absolute Gasteiger partial charge is 0.227 e. The molecule has 1 amide bonds. The molecular weight excluding hydrogens is 222 g/mol. The van der Waals surface area contributed by atoms with E-state index in [0.717, 1.165) is 31.4 Å². The van der Waals surface area contributed by atoms with Gasteiger partial charge in [0.25, 0.3) is 0 Å². The Kier molecular flexibility index (Phi) is 6.48. The van der Waals surface area contributed by atoms with Crippen molar-refractivity contribution in [1.29, 1.82) is 0 Å². The molecule has 1 aromatic rings. The fourth-order valence-electron chi connectivity index (χ4n) is 2.06. The number of anilines is 1. The zero-order valence-corrected chi connectivity index (χ0v) is 11.9. The summed E-state index contributed by atoms with van der Waals surface area (Å²) in [5, 5.41) is 0. The molecule has 1 rings (SSSR count). The maximum atomic E-state index is 12.3. The highest BCUT2D eigenvalue weighted by molar-refractivity contribution is 5.93. The van der Waals surface area contributed by atoms with Gasteiger partial charge in [-0.15, -0.1) is 0 Å². The lowest BCUT2D eigenvalue weighted by molar-refractivity contribution is -0.119. The van der Waals surface area contributed by atoms with Crippen LogP contribution in [0.25, 0.3) is 0 Å². The van der Waals surface area contributed by atoms with Crippen molar-refractivity contribution in [1.82, 2.24) is 0 Å². The molecule has 0 heterocycles. The molecule has 0 aromatic heterocycles. The van der Waals surface area contributed by atoms with E-state index < -0.39 is 0 Å². The van der Waals surface area contributed by atoms with Crippen molar-refractivity contribution in [3.63, 3.8) is 0 Å². The van der Waals surface area contributed by atoms with Crippen LogP contribution in [0, 0.1) is 0 Å². The fraction of sp³-hybridized carbons (Fsp3) is 0.562. The van der Waals surface area contributed by atoms with Gasteiger partial charge in [-0.2, -0.15) is 0 Å². The number of nitrogens with zero attached hydrogens (tertiary/aromatic N) is 1. The Bertz CT molecular complexity index is 347. The molecule has 0 N–H and O–H groups in total. The summed E-state index contributed by atoms with van der Waals surface area (Å²) in [6, 6.07) is 10.3. The average Bonchev–Trinajstić information content (AvgIpc) is 2.40. The molecule has 18 heavy (non-hydrogen) atoms. The van der Waals surface area contributed by atoms with Crippen molar-refractivity contribution in [2.75, 3.05) is 4.90 Å². The number of carbonyl (C=O) groups excluding carboxylic acids is 1. The molecule has 100 valence electrons. The third-order valence-corrected chi connectivity index (χ3v) is 3.33. The lowest BCUT2D eigenvalue weighted by Gasteiger charge is -2.29. The maximum Gasteiger partial charge on any atom is 0.227 e. The molecule has 0 bridgehead atoms. The minimum Gasteiger partial charge on any atom is -0.310 e. The average molecular weight is 247 g/mol. The molecule has 1 unspecified atom stereocenters. The van der Waals surface area contributed by atoms with Crippen molar-refractivity contribution in [2.24, 2.45) is 0 Å². The zero-order chi connectivity index (χ0) is 13.4. The Balaban J connectivity index is 2.76. The van der Waals surface area contributed by atoms with E-state index in [0.29, 0.717) is 6.42 Å². The number of hydrogen-bond acceptors (Lipinski definition) is 1. The van der Waals surface area contributed by atoms with E-state index >= 15 is 0 Å². The van der Waals surface area contributed by atoms with Crippen LogP contribution >= 0.6 is 0 Å². The Morgan fingerprint density at radius 1 is 1.17 bits per heavy atom. The highest BCUT2D eigenvalue weighted by Crippen LogP contribution is 2.20. The summed E-state index contributed by atoms with van der Waals surface area (Å²) in [5.41, 5.74) is 1.02.